The van der Waals surface area contributed by atoms with Gasteiger partial charge in [-0.05, 0) is 24.3 Å². The maximum absolute atomic E-state index is 9.70. The fourth-order valence-electron chi connectivity index (χ4n) is 3.00. The van der Waals surface area contributed by atoms with Gasteiger partial charge < -0.3 is 15.2 Å². The van der Waals surface area contributed by atoms with Gasteiger partial charge in [-0.1, -0.05) is 12.1 Å². The molecule has 0 atom stereocenters. The van der Waals surface area contributed by atoms with Crippen LogP contribution < -0.4 is 5.32 Å². The van der Waals surface area contributed by atoms with Gasteiger partial charge in [0.15, 0.2) is 5.65 Å². The van der Waals surface area contributed by atoms with Gasteiger partial charge in [-0.15, -0.1) is 5.10 Å². The molecule has 1 saturated heterocycles. The molecule has 3 heterocycles. The van der Waals surface area contributed by atoms with Gasteiger partial charge in [0, 0.05) is 31.7 Å². The predicted octanol–water partition coefficient (Wildman–Crippen LogP) is 1.85. The summed E-state index contributed by atoms with van der Waals surface area (Å²) in [4.78, 5) is 6.77. The smallest absolute Gasteiger partial charge is 0.154 e. The number of hydrogen-bond acceptors (Lipinski definition) is 6. The Hall–Kier alpha value is -2.64. The van der Waals surface area contributed by atoms with Crippen LogP contribution >= 0.6 is 0 Å². The van der Waals surface area contributed by atoms with E-state index in [9.17, 15) is 5.11 Å². The van der Waals surface area contributed by atoms with Crippen molar-refractivity contribution in [2.75, 3.05) is 44.7 Å². The Labute approximate surface area is 145 Å². The third-order valence-corrected chi connectivity index (χ3v) is 4.34. The van der Waals surface area contributed by atoms with Gasteiger partial charge in [0.25, 0.3) is 0 Å². The molecule has 2 N–H and O–H groups in total. The molecule has 0 bridgehead atoms. The molecule has 1 fully saturated rings. The lowest BCUT2D eigenvalue weighted by Crippen LogP contribution is -2.39. The first kappa shape index (κ1) is 15.9. The van der Waals surface area contributed by atoms with Crippen LogP contribution in [0.15, 0.2) is 42.6 Å². The van der Waals surface area contributed by atoms with Crippen molar-refractivity contribution in [2.24, 2.45) is 0 Å². The molecule has 0 aliphatic carbocycles. The maximum Gasteiger partial charge on any atom is 0.154 e. The summed E-state index contributed by atoms with van der Waals surface area (Å²) in [7, 11) is 0. The third-order valence-electron chi connectivity index (χ3n) is 4.34. The predicted molar refractivity (Wildman–Crippen MR) is 95.8 cm³/mol. The van der Waals surface area contributed by atoms with Crippen molar-refractivity contribution in [3.63, 3.8) is 0 Å². The number of aromatic hydroxyl groups is 1. The van der Waals surface area contributed by atoms with Gasteiger partial charge in [0.1, 0.15) is 11.6 Å². The minimum absolute atomic E-state index is 0.229. The summed E-state index contributed by atoms with van der Waals surface area (Å²) in [6, 6.07) is 11.0. The summed E-state index contributed by atoms with van der Waals surface area (Å²) >= 11 is 0. The van der Waals surface area contributed by atoms with Crippen molar-refractivity contribution in [1.29, 1.82) is 0 Å². The molecule has 0 amide bonds. The zero-order chi connectivity index (χ0) is 17.1. The van der Waals surface area contributed by atoms with Gasteiger partial charge >= 0.3 is 0 Å². The fourth-order valence-corrected chi connectivity index (χ4v) is 3.00. The highest BCUT2D eigenvalue weighted by atomic mass is 16.5. The summed E-state index contributed by atoms with van der Waals surface area (Å²) in [6.07, 6.45) is 1.77. The number of phenols is 1. The molecule has 3 aromatic rings. The monoisotopic (exact) mass is 339 g/mol. The first-order valence-electron chi connectivity index (χ1n) is 8.48. The number of nitrogens with one attached hydrogen (secondary N) is 1. The topological polar surface area (TPSA) is 74.9 Å². The molecule has 25 heavy (non-hydrogen) atoms. The second kappa shape index (κ2) is 7.08. The molecule has 4 rings (SSSR count). The largest absolute Gasteiger partial charge is 0.508 e. The van der Waals surface area contributed by atoms with E-state index in [2.05, 4.69) is 20.3 Å². The summed E-state index contributed by atoms with van der Waals surface area (Å²) < 4.78 is 7.16. The van der Waals surface area contributed by atoms with E-state index in [1.807, 2.05) is 24.3 Å². The van der Waals surface area contributed by atoms with Crippen molar-refractivity contribution in [3.05, 3.63) is 42.6 Å². The van der Waals surface area contributed by atoms with E-state index in [0.717, 1.165) is 62.1 Å². The van der Waals surface area contributed by atoms with Crippen LogP contribution in [0.4, 0.5) is 5.82 Å². The number of aromatic nitrogens is 3. The number of anilines is 1. The minimum Gasteiger partial charge on any atom is -0.508 e. The summed E-state index contributed by atoms with van der Waals surface area (Å²) in [6.45, 7) is 5.38. The lowest BCUT2D eigenvalue weighted by atomic mass is 10.1. The molecule has 2 aromatic heterocycles. The Morgan fingerprint density at radius 3 is 2.88 bits per heavy atom. The van der Waals surface area contributed by atoms with Crippen LogP contribution in [-0.2, 0) is 4.74 Å². The number of ether oxygens (including phenoxy) is 1. The number of benzene rings is 1. The average Bonchev–Trinajstić information content (AvgIpc) is 3.06. The van der Waals surface area contributed by atoms with Gasteiger partial charge in [-0.2, -0.15) is 0 Å². The van der Waals surface area contributed by atoms with Crippen LogP contribution in [-0.4, -0.2) is 64.0 Å². The quantitative estimate of drug-likeness (QED) is 0.739. The van der Waals surface area contributed by atoms with Gasteiger partial charge in [0.05, 0.1) is 25.1 Å². The van der Waals surface area contributed by atoms with E-state index in [1.54, 1.807) is 22.8 Å². The van der Waals surface area contributed by atoms with Gasteiger partial charge in [-0.3, -0.25) is 4.90 Å². The standard InChI is InChI=1S/C18H21N5O2/c24-15-3-1-2-14(12-15)16-13-20-18-5-4-17(21-23(16)18)19-6-7-22-8-10-25-11-9-22/h1-5,12-13,24H,6-11H2,(H,19,21). The summed E-state index contributed by atoms with van der Waals surface area (Å²) in [5.41, 5.74) is 2.50. The number of morpholine rings is 1. The molecule has 1 aliphatic heterocycles. The number of hydrogen-bond donors (Lipinski definition) is 2. The third kappa shape index (κ3) is 3.57. The molecule has 0 radical (unpaired) electrons. The zero-order valence-electron chi connectivity index (χ0n) is 13.9. The molecular weight excluding hydrogens is 318 g/mol. The highest BCUT2D eigenvalue weighted by Crippen LogP contribution is 2.24. The number of imidazole rings is 1. The Bertz CT molecular complexity index is 858. The van der Waals surface area contributed by atoms with Crippen LogP contribution in [0.5, 0.6) is 5.75 Å². The van der Waals surface area contributed by atoms with Crippen molar-refractivity contribution < 1.29 is 9.84 Å². The Morgan fingerprint density at radius 1 is 1.16 bits per heavy atom. The van der Waals surface area contributed by atoms with Crippen LogP contribution in [0.25, 0.3) is 16.9 Å². The first-order chi connectivity index (χ1) is 12.3. The highest BCUT2D eigenvalue weighted by molar-refractivity contribution is 5.65. The molecular formula is C18H21N5O2. The Kier molecular flexibility index (Phi) is 4.49. The van der Waals surface area contributed by atoms with E-state index >= 15 is 0 Å². The average molecular weight is 339 g/mol. The molecule has 7 nitrogen and oxygen atoms in total. The number of fused-ring (bicyclic) bond motifs is 1. The lowest BCUT2D eigenvalue weighted by Gasteiger charge is -2.26. The van der Waals surface area contributed by atoms with Crippen molar-refractivity contribution in [1.82, 2.24) is 19.5 Å². The first-order valence-corrected chi connectivity index (χ1v) is 8.48. The van der Waals surface area contributed by atoms with E-state index in [-0.39, 0.29) is 5.75 Å². The fraction of sp³-hybridized carbons (Fsp3) is 0.333. The Balaban J connectivity index is 1.50. The number of rotatable bonds is 5. The SMILES string of the molecule is Oc1cccc(-c2cnc3ccc(NCCN4CCOCC4)nn23)c1. The Morgan fingerprint density at radius 2 is 2.04 bits per heavy atom. The lowest BCUT2D eigenvalue weighted by molar-refractivity contribution is 0.0398. The van der Waals surface area contributed by atoms with Crippen LogP contribution in [0.2, 0.25) is 0 Å². The zero-order valence-corrected chi connectivity index (χ0v) is 13.9. The van der Waals surface area contributed by atoms with Gasteiger partial charge in [-0.25, -0.2) is 9.50 Å². The minimum atomic E-state index is 0.229. The molecule has 0 saturated carbocycles. The second-order valence-corrected chi connectivity index (χ2v) is 6.06. The highest BCUT2D eigenvalue weighted by Gasteiger charge is 2.11. The number of phenolic OH excluding ortho intramolecular Hbond substituents is 1. The summed E-state index contributed by atoms with van der Waals surface area (Å²) in [5.74, 6) is 1.03. The maximum atomic E-state index is 9.70. The normalized spacial score (nSPS) is 15.5. The molecule has 1 aliphatic rings. The molecule has 7 heteroatoms. The van der Waals surface area contributed by atoms with E-state index in [1.165, 1.54) is 0 Å². The molecule has 1 aromatic carbocycles. The van der Waals surface area contributed by atoms with Crippen LogP contribution in [0.1, 0.15) is 0 Å². The van der Waals surface area contributed by atoms with Crippen molar-refractivity contribution in [3.8, 4) is 17.0 Å². The molecule has 130 valence electrons. The van der Waals surface area contributed by atoms with Crippen molar-refractivity contribution >= 4 is 11.5 Å². The van der Waals surface area contributed by atoms with E-state index in [0.29, 0.717) is 0 Å². The number of nitrogens with zero attached hydrogens (tertiary/aromatic N) is 4. The van der Waals surface area contributed by atoms with E-state index in [4.69, 9.17) is 4.74 Å². The van der Waals surface area contributed by atoms with Crippen LogP contribution in [0, 0.1) is 0 Å². The second-order valence-electron chi connectivity index (χ2n) is 6.06. The molecule has 0 unspecified atom stereocenters. The van der Waals surface area contributed by atoms with Gasteiger partial charge in [0.2, 0.25) is 0 Å². The molecule has 0 spiro atoms. The van der Waals surface area contributed by atoms with E-state index < -0.39 is 0 Å². The van der Waals surface area contributed by atoms with Crippen LogP contribution in [0.3, 0.4) is 0 Å². The summed E-state index contributed by atoms with van der Waals surface area (Å²) in [5, 5.41) is 17.7. The van der Waals surface area contributed by atoms with Crippen molar-refractivity contribution in [2.45, 2.75) is 0 Å².